The van der Waals surface area contributed by atoms with Crippen molar-refractivity contribution < 1.29 is 53.5 Å². The minimum Gasteiger partial charge on any atom is -0.489 e. The minimum atomic E-state index is -2.59. The summed E-state index contributed by atoms with van der Waals surface area (Å²) >= 11 is 0. The molecule has 0 atom stereocenters. The summed E-state index contributed by atoms with van der Waals surface area (Å²) in [7, 11) is -2.59. The molecule has 0 aliphatic heterocycles. The summed E-state index contributed by atoms with van der Waals surface area (Å²) in [6.45, 7) is 0. The highest BCUT2D eigenvalue weighted by Gasteiger charge is 2.37. The second kappa shape index (κ2) is 9.32. The molecule has 0 aliphatic carbocycles. The molecule has 0 saturated heterocycles. The van der Waals surface area contributed by atoms with Crippen molar-refractivity contribution in [1.82, 2.24) is 0 Å². The molecule has 4 aromatic rings. The van der Waals surface area contributed by atoms with Gasteiger partial charge in [0.15, 0.2) is 46.4 Å². The Morgan fingerprint density at radius 3 is 1.40 bits per heavy atom. The average Bonchev–Trinajstić information content (AvgIpc) is 2.82. The molecule has 0 heterocycles. The Morgan fingerprint density at radius 2 is 0.857 bits per heavy atom. The quantitative estimate of drug-likeness (QED) is 0.169. The second-order valence-corrected chi connectivity index (χ2v) is 6.82. The Balaban J connectivity index is 1.82. The minimum absolute atomic E-state index is 0.408. The Kier molecular flexibility index (Phi) is 6.42. The Bertz CT molecular complexity index is 1390. The van der Waals surface area contributed by atoms with Gasteiger partial charge in [-0.15, -0.1) is 0 Å². The lowest BCUT2D eigenvalue weighted by molar-refractivity contribution is 0.275. The molecule has 0 amide bonds. The lowest BCUT2D eigenvalue weighted by Crippen LogP contribution is -2.38. The van der Waals surface area contributed by atoms with Crippen LogP contribution in [-0.4, -0.2) is 7.32 Å². The van der Waals surface area contributed by atoms with Gasteiger partial charge in [-0.2, -0.15) is 8.78 Å². The van der Waals surface area contributed by atoms with Crippen molar-refractivity contribution in [3.63, 3.8) is 0 Å². The third-order valence-corrected chi connectivity index (χ3v) is 4.64. The molecule has 0 aromatic heterocycles. The van der Waals surface area contributed by atoms with Gasteiger partial charge < -0.3 is 14.0 Å². The maximum Gasteiger partial charge on any atom is 0.864 e. The Hall–Kier alpha value is -4.03. The second-order valence-electron chi connectivity index (χ2n) is 6.82. The lowest BCUT2D eigenvalue weighted by atomic mass is 10.1. The van der Waals surface area contributed by atoms with E-state index in [4.69, 9.17) is 14.0 Å². The molecular formula is C22H8BF9O3. The molecule has 0 bridgehead atoms. The van der Waals surface area contributed by atoms with Crippen LogP contribution in [0.5, 0.6) is 17.2 Å². The zero-order valence-electron chi connectivity index (χ0n) is 16.8. The van der Waals surface area contributed by atoms with E-state index in [1.165, 1.54) is 0 Å². The predicted molar refractivity (Wildman–Crippen MR) is 104 cm³/mol. The number of benzene rings is 4. The molecule has 180 valence electrons. The lowest BCUT2D eigenvalue weighted by Gasteiger charge is -2.19. The molecular weight excluding hydrogens is 494 g/mol. The number of rotatable bonds is 6. The van der Waals surface area contributed by atoms with Gasteiger partial charge in [0.05, 0.1) is 5.39 Å². The van der Waals surface area contributed by atoms with E-state index in [0.717, 1.165) is 12.1 Å². The molecule has 4 rings (SSSR count). The standard InChI is InChI=1S/C22H8BF9O3/c24-10-7-8-16(9-1-2-11(25)18(30)17(9)10)33-23(34-21-14(28)5-3-12(26)19(21)31)35-22-15(29)6-4-13(27)20(22)32/h1-8H. The molecule has 13 heteroatoms. The van der Waals surface area contributed by atoms with Crippen LogP contribution in [0.3, 0.4) is 0 Å². The fraction of sp³-hybridized carbons (Fsp3) is 0. The van der Waals surface area contributed by atoms with Crippen LogP contribution in [0.25, 0.3) is 10.8 Å². The van der Waals surface area contributed by atoms with Gasteiger partial charge in [0.25, 0.3) is 0 Å². The smallest absolute Gasteiger partial charge is 0.489 e. The first-order chi connectivity index (χ1) is 16.6. The van der Waals surface area contributed by atoms with Crippen LogP contribution in [0.15, 0.2) is 48.5 Å². The zero-order chi connectivity index (χ0) is 25.4. The van der Waals surface area contributed by atoms with Gasteiger partial charge in [-0.3, -0.25) is 0 Å². The van der Waals surface area contributed by atoms with Crippen LogP contribution in [-0.2, 0) is 0 Å². The van der Waals surface area contributed by atoms with Crippen molar-refractivity contribution in [2.45, 2.75) is 0 Å². The normalized spacial score (nSPS) is 11.0. The predicted octanol–water partition coefficient (Wildman–Crippen LogP) is 6.61. The van der Waals surface area contributed by atoms with Crippen LogP contribution >= 0.6 is 0 Å². The summed E-state index contributed by atoms with van der Waals surface area (Å²) < 4.78 is 140. The molecule has 0 N–H and O–H groups in total. The van der Waals surface area contributed by atoms with E-state index >= 15 is 0 Å². The molecule has 0 spiro atoms. The van der Waals surface area contributed by atoms with Crippen molar-refractivity contribution in [2.24, 2.45) is 0 Å². The van der Waals surface area contributed by atoms with E-state index in [1.807, 2.05) is 0 Å². The van der Waals surface area contributed by atoms with Crippen LogP contribution in [0.4, 0.5) is 39.5 Å². The molecule has 0 fully saturated rings. The van der Waals surface area contributed by atoms with E-state index in [9.17, 15) is 39.5 Å². The molecule has 0 saturated carbocycles. The fourth-order valence-corrected chi connectivity index (χ4v) is 3.02. The van der Waals surface area contributed by atoms with E-state index < -0.39 is 87.7 Å². The first-order valence-electron chi connectivity index (χ1n) is 9.41. The highest BCUT2D eigenvalue weighted by molar-refractivity contribution is 6.40. The summed E-state index contributed by atoms with van der Waals surface area (Å²) in [4.78, 5) is 0. The summed E-state index contributed by atoms with van der Waals surface area (Å²) in [6.07, 6.45) is 0. The van der Waals surface area contributed by atoms with Gasteiger partial charge in [0, 0.05) is 5.39 Å². The van der Waals surface area contributed by atoms with Gasteiger partial charge >= 0.3 is 7.32 Å². The topological polar surface area (TPSA) is 27.7 Å². The molecule has 4 aromatic carbocycles. The van der Waals surface area contributed by atoms with Crippen molar-refractivity contribution in [3.05, 3.63) is 101 Å². The monoisotopic (exact) mass is 502 g/mol. The average molecular weight is 502 g/mol. The highest BCUT2D eigenvalue weighted by atomic mass is 19.2. The van der Waals surface area contributed by atoms with Crippen molar-refractivity contribution in [2.75, 3.05) is 0 Å². The third kappa shape index (κ3) is 4.53. The van der Waals surface area contributed by atoms with Crippen molar-refractivity contribution >= 4 is 18.1 Å². The summed E-state index contributed by atoms with van der Waals surface area (Å²) in [6, 6.07) is 4.60. The number of hydrogen-bond donors (Lipinski definition) is 0. The van der Waals surface area contributed by atoms with E-state index in [1.54, 1.807) is 0 Å². The number of fused-ring (bicyclic) bond motifs is 1. The molecule has 0 unspecified atom stereocenters. The van der Waals surface area contributed by atoms with Crippen LogP contribution < -0.4 is 14.0 Å². The van der Waals surface area contributed by atoms with Gasteiger partial charge in [-0.25, -0.2) is 30.7 Å². The van der Waals surface area contributed by atoms with Crippen LogP contribution in [0.1, 0.15) is 0 Å². The number of hydrogen-bond acceptors (Lipinski definition) is 3. The molecule has 0 aliphatic rings. The van der Waals surface area contributed by atoms with Crippen molar-refractivity contribution in [1.29, 1.82) is 0 Å². The van der Waals surface area contributed by atoms with Gasteiger partial charge in [-0.05, 0) is 48.5 Å². The number of halogens is 9. The van der Waals surface area contributed by atoms with Crippen LogP contribution in [0, 0.1) is 52.4 Å². The van der Waals surface area contributed by atoms with Crippen molar-refractivity contribution in [3.8, 4) is 17.2 Å². The van der Waals surface area contributed by atoms with E-state index in [2.05, 4.69) is 0 Å². The van der Waals surface area contributed by atoms with Gasteiger partial charge in [-0.1, -0.05) is 0 Å². The Labute approximate surface area is 190 Å². The molecule has 0 radical (unpaired) electrons. The van der Waals surface area contributed by atoms with Gasteiger partial charge in [0.1, 0.15) is 11.6 Å². The Morgan fingerprint density at radius 1 is 0.429 bits per heavy atom. The first kappa shape index (κ1) is 24.1. The van der Waals surface area contributed by atoms with Crippen LogP contribution in [0.2, 0.25) is 0 Å². The van der Waals surface area contributed by atoms with E-state index in [0.29, 0.717) is 36.4 Å². The summed E-state index contributed by atoms with van der Waals surface area (Å²) in [5.74, 6) is -17.7. The fourth-order valence-electron chi connectivity index (χ4n) is 3.02. The third-order valence-electron chi connectivity index (χ3n) is 4.64. The van der Waals surface area contributed by atoms with E-state index in [-0.39, 0.29) is 0 Å². The largest absolute Gasteiger partial charge is 0.864 e. The summed E-state index contributed by atoms with van der Waals surface area (Å²) in [5.41, 5.74) is 0. The maximum absolute atomic E-state index is 14.2. The maximum atomic E-state index is 14.2. The first-order valence-corrected chi connectivity index (χ1v) is 9.41. The molecule has 3 nitrogen and oxygen atoms in total. The zero-order valence-corrected chi connectivity index (χ0v) is 16.8. The van der Waals surface area contributed by atoms with Gasteiger partial charge in [0.2, 0.25) is 11.6 Å². The molecule has 35 heavy (non-hydrogen) atoms. The summed E-state index contributed by atoms with van der Waals surface area (Å²) in [5, 5.41) is -1.37. The highest BCUT2D eigenvalue weighted by Crippen LogP contribution is 2.33. The SMILES string of the molecule is Fc1ccc(F)c(OB(Oc2c(F)ccc(F)c2F)Oc2ccc(F)c3c(F)c(F)ccc23)c1F.